The predicted octanol–water partition coefficient (Wildman–Crippen LogP) is 2.65. The van der Waals surface area contributed by atoms with Crippen molar-refractivity contribution >= 4 is 35.1 Å². The number of carbonyl (C=O) groups excluding carboxylic acids is 1. The van der Waals surface area contributed by atoms with E-state index in [-0.39, 0.29) is 12.0 Å². The van der Waals surface area contributed by atoms with Crippen LogP contribution in [-0.2, 0) is 9.53 Å². The van der Waals surface area contributed by atoms with Crippen molar-refractivity contribution < 1.29 is 9.53 Å². The van der Waals surface area contributed by atoms with E-state index in [9.17, 15) is 4.79 Å². The Morgan fingerprint density at radius 3 is 3.11 bits per heavy atom. The smallest absolute Gasteiger partial charge is 0.244 e. The molecule has 1 rings (SSSR count). The van der Waals surface area contributed by atoms with Gasteiger partial charge >= 0.3 is 0 Å². The number of rotatable bonds is 8. The third kappa shape index (κ3) is 6.23. The molecular formula is C13H19NO2S2. The molecule has 0 saturated heterocycles. The average molecular weight is 285 g/mol. The second kappa shape index (κ2) is 9.19. The molecule has 0 spiro atoms. The number of hydrogen-bond acceptors (Lipinski definition) is 4. The molecule has 0 aromatic carbocycles. The molecule has 0 radical (unpaired) electrons. The Bertz CT molecular complexity index is 363. The van der Waals surface area contributed by atoms with Gasteiger partial charge in [0.25, 0.3) is 0 Å². The Balaban J connectivity index is 2.27. The molecule has 1 heterocycles. The Morgan fingerprint density at radius 1 is 1.67 bits per heavy atom. The van der Waals surface area contributed by atoms with Crippen molar-refractivity contribution in [3.63, 3.8) is 0 Å². The maximum absolute atomic E-state index is 11.6. The summed E-state index contributed by atoms with van der Waals surface area (Å²) in [6.07, 6.45) is 6.48. The van der Waals surface area contributed by atoms with Gasteiger partial charge in [-0.2, -0.15) is 23.1 Å². The third-order valence-corrected chi connectivity index (χ3v) is 3.80. The number of nitrogens with one attached hydrogen (secondary N) is 1. The lowest BCUT2D eigenvalue weighted by Gasteiger charge is -2.14. The first-order chi connectivity index (χ1) is 8.76. The standard InChI is InChI=1S/C13H19NO2S2/c1-16-12(6-7-17-2)9-14-13(15)4-3-11-5-8-18-10-11/h3-5,8,10,12H,6-7,9H2,1-2H3,(H,14,15)/b4-3+. The zero-order valence-electron chi connectivity index (χ0n) is 10.7. The van der Waals surface area contributed by atoms with E-state index in [1.165, 1.54) is 0 Å². The quantitative estimate of drug-likeness (QED) is 0.746. The van der Waals surface area contributed by atoms with Gasteiger partial charge in [0, 0.05) is 19.7 Å². The van der Waals surface area contributed by atoms with Gasteiger partial charge in [-0.1, -0.05) is 0 Å². The van der Waals surface area contributed by atoms with Crippen LogP contribution in [0.4, 0.5) is 0 Å². The lowest BCUT2D eigenvalue weighted by atomic mass is 10.2. The van der Waals surface area contributed by atoms with E-state index in [1.807, 2.05) is 22.9 Å². The summed E-state index contributed by atoms with van der Waals surface area (Å²) in [7, 11) is 1.68. The van der Waals surface area contributed by atoms with Crippen molar-refractivity contribution in [1.29, 1.82) is 0 Å². The fourth-order valence-corrected chi connectivity index (χ4v) is 2.49. The van der Waals surface area contributed by atoms with Gasteiger partial charge in [0.05, 0.1) is 6.10 Å². The fourth-order valence-electron chi connectivity index (χ4n) is 1.37. The number of amides is 1. The van der Waals surface area contributed by atoms with Crippen LogP contribution in [0.3, 0.4) is 0 Å². The van der Waals surface area contributed by atoms with Crippen LogP contribution < -0.4 is 5.32 Å². The molecule has 18 heavy (non-hydrogen) atoms. The molecule has 3 nitrogen and oxygen atoms in total. The Kier molecular flexibility index (Phi) is 7.80. The van der Waals surface area contributed by atoms with Crippen molar-refractivity contribution in [1.82, 2.24) is 5.32 Å². The van der Waals surface area contributed by atoms with Crippen molar-refractivity contribution in [2.45, 2.75) is 12.5 Å². The third-order valence-electron chi connectivity index (χ3n) is 2.45. The minimum absolute atomic E-state index is 0.0765. The van der Waals surface area contributed by atoms with Crippen LogP contribution >= 0.6 is 23.1 Å². The topological polar surface area (TPSA) is 38.3 Å². The van der Waals surface area contributed by atoms with Gasteiger partial charge in [-0.05, 0) is 46.9 Å². The van der Waals surface area contributed by atoms with Crippen LogP contribution in [0.25, 0.3) is 6.08 Å². The molecule has 1 N–H and O–H groups in total. The summed E-state index contributed by atoms with van der Waals surface area (Å²) in [4.78, 5) is 11.6. The molecule has 0 aliphatic heterocycles. The highest BCUT2D eigenvalue weighted by atomic mass is 32.2. The van der Waals surface area contributed by atoms with E-state index in [2.05, 4.69) is 11.6 Å². The second-order valence-corrected chi connectivity index (χ2v) is 5.54. The van der Waals surface area contributed by atoms with Crippen molar-refractivity contribution in [2.75, 3.05) is 25.7 Å². The number of carbonyl (C=O) groups is 1. The summed E-state index contributed by atoms with van der Waals surface area (Å²) < 4.78 is 5.30. The number of thioether (sulfide) groups is 1. The van der Waals surface area contributed by atoms with Crippen LogP contribution in [0, 0.1) is 0 Å². The van der Waals surface area contributed by atoms with E-state index in [0.29, 0.717) is 6.54 Å². The molecule has 0 aliphatic rings. The molecule has 0 bridgehead atoms. The summed E-state index contributed by atoms with van der Waals surface area (Å²) >= 11 is 3.40. The molecule has 1 unspecified atom stereocenters. The van der Waals surface area contributed by atoms with Gasteiger partial charge in [0.1, 0.15) is 0 Å². The van der Waals surface area contributed by atoms with Crippen molar-refractivity contribution in [3.8, 4) is 0 Å². The molecule has 1 aromatic heterocycles. The summed E-state index contributed by atoms with van der Waals surface area (Å²) in [5, 5.41) is 6.84. The number of thiophene rings is 1. The highest BCUT2D eigenvalue weighted by Crippen LogP contribution is 2.07. The molecule has 100 valence electrons. The lowest BCUT2D eigenvalue weighted by molar-refractivity contribution is -0.117. The zero-order valence-corrected chi connectivity index (χ0v) is 12.4. The lowest BCUT2D eigenvalue weighted by Crippen LogP contribution is -2.32. The summed E-state index contributed by atoms with van der Waals surface area (Å²) in [6, 6.07) is 1.98. The van der Waals surface area contributed by atoms with E-state index < -0.39 is 0 Å². The van der Waals surface area contributed by atoms with Crippen LogP contribution in [-0.4, -0.2) is 37.7 Å². The van der Waals surface area contributed by atoms with Gasteiger partial charge in [-0.3, -0.25) is 4.79 Å². The van der Waals surface area contributed by atoms with E-state index >= 15 is 0 Å². The number of hydrogen-bond donors (Lipinski definition) is 1. The van der Waals surface area contributed by atoms with Crippen LogP contribution in [0.2, 0.25) is 0 Å². The van der Waals surface area contributed by atoms with Gasteiger partial charge < -0.3 is 10.1 Å². The van der Waals surface area contributed by atoms with Crippen molar-refractivity contribution in [2.24, 2.45) is 0 Å². The molecule has 0 aliphatic carbocycles. The van der Waals surface area contributed by atoms with Crippen LogP contribution in [0.5, 0.6) is 0 Å². The maximum Gasteiger partial charge on any atom is 0.244 e. The second-order valence-electron chi connectivity index (χ2n) is 3.77. The van der Waals surface area contributed by atoms with Crippen LogP contribution in [0.1, 0.15) is 12.0 Å². The van der Waals surface area contributed by atoms with Gasteiger partial charge in [-0.15, -0.1) is 0 Å². The first-order valence-corrected chi connectivity index (χ1v) is 8.09. The first kappa shape index (κ1) is 15.3. The monoisotopic (exact) mass is 285 g/mol. The molecular weight excluding hydrogens is 266 g/mol. The van der Waals surface area contributed by atoms with E-state index in [0.717, 1.165) is 17.7 Å². The molecule has 0 saturated carbocycles. The molecule has 1 aromatic rings. The Morgan fingerprint density at radius 2 is 2.50 bits per heavy atom. The van der Waals surface area contributed by atoms with Gasteiger partial charge in [-0.25, -0.2) is 0 Å². The largest absolute Gasteiger partial charge is 0.380 e. The zero-order chi connectivity index (χ0) is 13.2. The fraction of sp³-hybridized carbons (Fsp3) is 0.462. The highest BCUT2D eigenvalue weighted by molar-refractivity contribution is 7.98. The number of methoxy groups -OCH3 is 1. The first-order valence-electron chi connectivity index (χ1n) is 5.76. The molecule has 5 heteroatoms. The van der Waals surface area contributed by atoms with Gasteiger partial charge in [0.15, 0.2) is 0 Å². The van der Waals surface area contributed by atoms with Gasteiger partial charge in [0.2, 0.25) is 5.91 Å². The van der Waals surface area contributed by atoms with Crippen molar-refractivity contribution in [3.05, 3.63) is 28.5 Å². The number of ether oxygens (including phenoxy) is 1. The summed E-state index contributed by atoms with van der Waals surface area (Å²) in [5.41, 5.74) is 1.06. The Labute approximate surface area is 117 Å². The minimum atomic E-state index is -0.0765. The summed E-state index contributed by atoms with van der Waals surface area (Å²) in [6.45, 7) is 0.559. The molecule has 1 amide bonds. The SMILES string of the molecule is COC(CCSC)CNC(=O)/C=C/c1ccsc1. The van der Waals surface area contributed by atoms with Crippen LogP contribution in [0.15, 0.2) is 22.9 Å². The molecule has 1 atom stereocenters. The van der Waals surface area contributed by atoms with E-state index in [4.69, 9.17) is 4.74 Å². The average Bonchev–Trinajstić information content (AvgIpc) is 2.89. The maximum atomic E-state index is 11.6. The van der Waals surface area contributed by atoms with E-state index in [1.54, 1.807) is 36.3 Å². The highest BCUT2D eigenvalue weighted by Gasteiger charge is 2.07. The molecule has 0 fully saturated rings. The minimum Gasteiger partial charge on any atom is -0.380 e. The summed E-state index contributed by atoms with van der Waals surface area (Å²) in [5.74, 6) is 0.964. The Hall–Kier alpha value is -0.780. The normalized spacial score (nSPS) is 12.8. The predicted molar refractivity (Wildman–Crippen MR) is 80.2 cm³/mol.